The molecule has 0 saturated carbocycles. The van der Waals surface area contributed by atoms with Crippen molar-refractivity contribution in [1.29, 1.82) is 0 Å². The SMILES string of the molecule is CCC(=O)Oc1cc(C(=O)Nc2cccc([N+](=O)[O-])c2)ccc1C. The van der Waals surface area contributed by atoms with E-state index in [9.17, 15) is 19.7 Å². The number of carbonyl (C=O) groups excluding carboxylic acids is 2. The van der Waals surface area contributed by atoms with Gasteiger partial charge in [-0.1, -0.05) is 19.1 Å². The molecule has 2 aromatic rings. The highest BCUT2D eigenvalue weighted by Gasteiger charge is 2.13. The predicted molar refractivity (Wildman–Crippen MR) is 88.2 cm³/mol. The van der Waals surface area contributed by atoms with Crippen LogP contribution in [0, 0.1) is 17.0 Å². The van der Waals surface area contributed by atoms with Gasteiger partial charge in [0, 0.05) is 29.8 Å². The van der Waals surface area contributed by atoms with Crippen LogP contribution in [0.4, 0.5) is 11.4 Å². The molecule has 0 spiro atoms. The third-order valence-corrected chi connectivity index (χ3v) is 3.28. The van der Waals surface area contributed by atoms with Gasteiger partial charge in [0.2, 0.25) is 0 Å². The number of amides is 1. The zero-order chi connectivity index (χ0) is 17.7. The number of nitro groups is 1. The van der Waals surface area contributed by atoms with Crippen LogP contribution >= 0.6 is 0 Å². The van der Waals surface area contributed by atoms with Gasteiger partial charge >= 0.3 is 5.97 Å². The zero-order valence-corrected chi connectivity index (χ0v) is 13.2. The van der Waals surface area contributed by atoms with Gasteiger partial charge in [-0.25, -0.2) is 0 Å². The summed E-state index contributed by atoms with van der Waals surface area (Å²) in [7, 11) is 0. The highest BCUT2D eigenvalue weighted by atomic mass is 16.6. The number of nitrogens with zero attached hydrogens (tertiary/aromatic N) is 1. The molecule has 1 amide bonds. The number of ether oxygens (including phenoxy) is 1. The van der Waals surface area contributed by atoms with Crippen molar-refractivity contribution in [2.24, 2.45) is 0 Å². The molecule has 0 fully saturated rings. The van der Waals surface area contributed by atoms with Crippen molar-refractivity contribution < 1.29 is 19.2 Å². The van der Waals surface area contributed by atoms with Crippen LogP contribution in [0.2, 0.25) is 0 Å². The maximum absolute atomic E-state index is 12.3. The fourth-order valence-corrected chi connectivity index (χ4v) is 1.95. The molecule has 0 unspecified atom stereocenters. The van der Waals surface area contributed by atoms with Crippen molar-refractivity contribution in [1.82, 2.24) is 0 Å². The number of rotatable bonds is 5. The average molecular weight is 328 g/mol. The molecule has 0 saturated heterocycles. The number of anilines is 1. The number of nitro benzene ring substituents is 1. The Bertz CT molecular complexity index is 801. The smallest absolute Gasteiger partial charge is 0.310 e. The van der Waals surface area contributed by atoms with Crippen molar-refractivity contribution in [3.63, 3.8) is 0 Å². The van der Waals surface area contributed by atoms with Gasteiger partial charge in [0.15, 0.2) is 0 Å². The molecule has 24 heavy (non-hydrogen) atoms. The van der Waals surface area contributed by atoms with Gasteiger partial charge in [0.25, 0.3) is 11.6 Å². The molecular weight excluding hydrogens is 312 g/mol. The molecule has 0 bridgehead atoms. The monoisotopic (exact) mass is 328 g/mol. The summed E-state index contributed by atoms with van der Waals surface area (Å²) < 4.78 is 5.18. The van der Waals surface area contributed by atoms with Crippen molar-refractivity contribution in [2.75, 3.05) is 5.32 Å². The Morgan fingerprint density at radius 1 is 1.21 bits per heavy atom. The minimum Gasteiger partial charge on any atom is -0.426 e. The van der Waals surface area contributed by atoms with E-state index in [1.165, 1.54) is 24.3 Å². The highest BCUT2D eigenvalue weighted by molar-refractivity contribution is 6.04. The van der Waals surface area contributed by atoms with Crippen LogP contribution in [0.3, 0.4) is 0 Å². The van der Waals surface area contributed by atoms with E-state index in [1.54, 1.807) is 32.0 Å². The number of aryl methyl sites for hydroxylation is 1. The van der Waals surface area contributed by atoms with E-state index in [0.717, 1.165) is 5.56 Å². The van der Waals surface area contributed by atoms with Gasteiger partial charge in [-0.2, -0.15) is 0 Å². The summed E-state index contributed by atoms with van der Waals surface area (Å²) >= 11 is 0. The maximum atomic E-state index is 12.3. The molecule has 1 N–H and O–H groups in total. The van der Waals surface area contributed by atoms with Crippen LogP contribution in [-0.4, -0.2) is 16.8 Å². The van der Waals surface area contributed by atoms with E-state index >= 15 is 0 Å². The molecule has 7 nitrogen and oxygen atoms in total. The number of nitrogens with one attached hydrogen (secondary N) is 1. The quantitative estimate of drug-likeness (QED) is 0.392. The largest absolute Gasteiger partial charge is 0.426 e. The van der Waals surface area contributed by atoms with Gasteiger partial charge < -0.3 is 10.1 Å². The fraction of sp³-hybridized carbons (Fsp3) is 0.176. The lowest BCUT2D eigenvalue weighted by molar-refractivity contribution is -0.384. The van der Waals surface area contributed by atoms with E-state index in [-0.39, 0.29) is 17.7 Å². The van der Waals surface area contributed by atoms with Crippen molar-refractivity contribution in [3.8, 4) is 5.75 Å². The number of hydrogen-bond donors (Lipinski definition) is 1. The van der Waals surface area contributed by atoms with Crippen LogP contribution in [0.1, 0.15) is 29.3 Å². The molecule has 0 atom stereocenters. The third kappa shape index (κ3) is 4.16. The summed E-state index contributed by atoms with van der Waals surface area (Å²) in [4.78, 5) is 33.9. The van der Waals surface area contributed by atoms with Gasteiger partial charge in [-0.3, -0.25) is 19.7 Å². The van der Waals surface area contributed by atoms with Crippen molar-refractivity contribution in [2.45, 2.75) is 20.3 Å². The third-order valence-electron chi connectivity index (χ3n) is 3.28. The Labute approximate surface area is 138 Å². The van der Waals surface area contributed by atoms with Crippen LogP contribution in [0.15, 0.2) is 42.5 Å². The maximum Gasteiger partial charge on any atom is 0.310 e. The van der Waals surface area contributed by atoms with Crippen LogP contribution in [0.25, 0.3) is 0 Å². The summed E-state index contributed by atoms with van der Waals surface area (Å²) in [5, 5.41) is 13.4. The van der Waals surface area contributed by atoms with Crippen molar-refractivity contribution >= 4 is 23.3 Å². The number of non-ortho nitro benzene ring substituents is 1. The Morgan fingerprint density at radius 3 is 2.62 bits per heavy atom. The lowest BCUT2D eigenvalue weighted by atomic mass is 10.1. The Morgan fingerprint density at radius 2 is 1.96 bits per heavy atom. The molecule has 2 rings (SSSR count). The topological polar surface area (TPSA) is 98.5 Å². The van der Waals surface area contributed by atoms with E-state index < -0.39 is 16.8 Å². The van der Waals surface area contributed by atoms with Gasteiger partial charge in [-0.15, -0.1) is 0 Å². The lowest BCUT2D eigenvalue weighted by Crippen LogP contribution is -2.13. The normalized spacial score (nSPS) is 10.1. The summed E-state index contributed by atoms with van der Waals surface area (Å²) in [6.07, 6.45) is 0.226. The molecule has 2 aromatic carbocycles. The summed E-state index contributed by atoms with van der Waals surface area (Å²) in [6.45, 7) is 3.44. The van der Waals surface area contributed by atoms with Gasteiger partial charge in [-0.05, 0) is 30.7 Å². The minimum atomic E-state index is -0.538. The van der Waals surface area contributed by atoms with E-state index in [1.807, 2.05) is 0 Å². The standard InChI is InChI=1S/C17H16N2O5/c1-3-16(20)24-15-9-12(8-7-11(15)2)17(21)18-13-5-4-6-14(10-13)19(22)23/h4-10H,3H2,1-2H3,(H,18,21). The predicted octanol–water partition coefficient (Wildman–Crippen LogP) is 3.47. The first-order valence-corrected chi connectivity index (χ1v) is 7.28. The highest BCUT2D eigenvalue weighted by Crippen LogP contribution is 2.22. The number of carbonyl (C=O) groups is 2. The molecular formula is C17H16N2O5. The Kier molecular flexibility index (Phi) is 5.26. The molecule has 0 aliphatic heterocycles. The molecule has 0 aromatic heterocycles. The molecule has 0 radical (unpaired) electrons. The van der Waals surface area contributed by atoms with Gasteiger partial charge in [0.05, 0.1) is 4.92 Å². The summed E-state index contributed by atoms with van der Waals surface area (Å²) in [5.74, 6) is -0.535. The first-order chi connectivity index (χ1) is 11.4. The van der Waals surface area contributed by atoms with E-state index in [4.69, 9.17) is 4.74 Å². The second-order valence-electron chi connectivity index (χ2n) is 5.07. The van der Waals surface area contributed by atoms with Gasteiger partial charge in [0.1, 0.15) is 5.75 Å². The van der Waals surface area contributed by atoms with Crippen LogP contribution in [0.5, 0.6) is 5.75 Å². The van der Waals surface area contributed by atoms with Crippen LogP contribution in [-0.2, 0) is 4.79 Å². The molecule has 0 heterocycles. The number of hydrogen-bond acceptors (Lipinski definition) is 5. The first-order valence-electron chi connectivity index (χ1n) is 7.28. The Balaban J connectivity index is 2.21. The Hall–Kier alpha value is -3.22. The summed E-state index contributed by atoms with van der Waals surface area (Å²) in [5.41, 5.74) is 1.20. The van der Waals surface area contributed by atoms with E-state index in [2.05, 4.69) is 5.32 Å². The molecule has 0 aliphatic carbocycles. The second kappa shape index (κ2) is 7.36. The van der Waals surface area contributed by atoms with Crippen molar-refractivity contribution in [3.05, 3.63) is 63.7 Å². The average Bonchev–Trinajstić information content (AvgIpc) is 2.56. The zero-order valence-electron chi connectivity index (χ0n) is 13.2. The lowest BCUT2D eigenvalue weighted by Gasteiger charge is -2.09. The first kappa shape index (κ1) is 17.1. The summed E-state index contributed by atoms with van der Waals surface area (Å²) in [6, 6.07) is 10.4. The number of benzene rings is 2. The minimum absolute atomic E-state index is 0.116. The number of esters is 1. The molecule has 0 aliphatic rings. The van der Waals surface area contributed by atoms with E-state index in [0.29, 0.717) is 11.4 Å². The fourth-order valence-electron chi connectivity index (χ4n) is 1.95. The molecule has 7 heteroatoms. The van der Waals surface area contributed by atoms with Crippen LogP contribution < -0.4 is 10.1 Å². The molecule has 124 valence electrons. The second-order valence-corrected chi connectivity index (χ2v) is 5.07.